The van der Waals surface area contributed by atoms with Gasteiger partial charge in [0.1, 0.15) is 16.4 Å². The quantitative estimate of drug-likeness (QED) is 0.881. The van der Waals surface area contributed by atoms with Gasteiger partial charge in [-0.1, -0.05) is 6.92 Å². The standard InChI is InChI=1S/C13H22N2O3S/c1-10-8-12(11(2)18-10)19(16,17)15-9-13(3)4-6-14-7-5-13/h8,14-15H,4-7,9H2,1-3H3. The number of hydrogen-bond donors (Lipinski definition) is 2. The Bertz CT molecular complexity index is 542. The molecule has 0 unspecified atom stereocenters. The number of hydrogen-bond acceptors (Lipinski definition) is 4. The van der Waals surface area contributed by atoms with E-state index < -0.39 is 10.0 Å². The van der Waals surface area contributed by atoms with Crippen molar-refractivity contribution in [3.8, 4) is 0 Å². The molecule has 0 atom stereocenters. The van der Waals surface area contributed by atoms with Crippen LogP contribution < -0.4 is 10.0 Å². The maximum Gasteiger partial charge on any atom is 0.244 e. The smallest absolute Gasteiger partial charge is 0.244 e. The fourth-order valence-electron chi connectivity index (χ4n) is 2.43. The van der Waals surface area contributed by atoms with Gasteiger partial charge in [0.25, 0.3) is 0 Å². The summed E-state index contributed by atoms with van der Waals surface area (Å²) in [5.74, 6) is 1.06. The second-order valence-electron chi connectivity index (χ2n) is 5.66. The van der Waals surface area contributed by atoms with E-state index in [-0.39, 0.29) is 10.3 Å². The predicted octanol–water partition coefficient (Wildman–Crippen LogP) is 1.56. The summed E-state index contributed by atoms with van der Waals surface area (Å²) in [4.78, 5) is 0.252. The lowest BCUT2D eigenvalue weighted by molar-refractivity contribution is 0.232. The van der Waals surface area contributed by atoms with Crippen molar-refractivity contribution in [3.63, 3.8) is 0 Å². The normalized spacial score (nSPS) is 19.5. The molecule has 1 aromatic rings. The van der Waals surface area contributed by atoms with Gasteiger partial charge in [0.15, 0.2) is 0 Å². The molecule has 0 spiro atoms. The van der Waals surface area contributed by atoms with E-state index in [1.54, 1.807) is 19.9 Å². The highest BCUT2D eigenvalue weighted by Gasteiger charge is 2.29. The summed E-state index contributed by atoms with van der Waals surface area (Å²) in [6.07, 6.45) is 1.97. The fraction of sp³-hybridized carbons (Fsp3) is 0.692. The minimum absolute atomic E-state index is 0.0327. The Kier molecular flexibility index (Phi) is 4.03. The predicted molar refractivity (Wildman–Crippen MR) is 73.6 cm³/mol. The van der Waals surface area contributed by atoms with Crippen LogP contribution in [0.2, 0.25) is 0 Å². The molecule has 1 aliphatic rings. The van der Waals surface area contributed by atoms with Crippen LogP contribution in [0.1, 0.15) is 31.3 Å². The molecule has 1 aliphatic heterocycles. The van der Waals surface area contributed by atoms with Crippen molar-refractivity contribution in [3.05, 3.63) is 17.6 Å². The van der Waals surface area contributed by atoms with Crippen molar-refractivity contribution < 1.29 is 12.8 Å². The Hall–Kier alpha value is -0.850. The van der Waals surface area contributed by atoms with E-state index >= 15 is 0 Å². The molecule has 2 N–H and O–H groups in total. The van der Waals surface area contributed by atoms with Gasteiger partial charge in [0.05, 0.1) is 0 Å². The average Bonchev–Trinajstić information content (AvgIpc) is 2.68. The molecular formula is C13H22N2O3S. The number of aryl methyl sites for hydroxylation is 2. The molecule has 19 heavy (non-hydrogen) atoms. The van der Waals surface area contributed by atoms with Crippen molar-refractivity contribution in [2.75, 3.05) is 19.6 Å². The SMILES string of the molecule is Cc1cc(S(=O)(=O)NCC2(C)CCNCC2)c(C)o1. The molecule has 2 rings (SSSR count). The van der Waals surface area contributed by atoms with Crippen LogP contribution in [0.25, 0.3) is 0 Å². The second kappa shape index (κ2) is 5.26. The van der Waals surface area contributed by atoms with E-state index in [2.05, 4.69) is 17.0 Å². The highest BCUT2D eigenvalue weighted by Crippen LogP contribution is 2.28. The third-order valence-corrected chi connectivity index (χ3v) is 5.29. The number of piperidine rings is 1. The van der Waals surface area contributed by atoms with E-state index in [9.17, 15) is 8.42 Å². The first-order chi connectivity index (χ1) is 8.82. The summed E-state index contributed by atoms with van der Waals surface area (Å²) >= 11 is 0. The molecular weight excluding hydrogens is 264 g/mol. The summed E-state index contributed by atoms with van der Waals surface area (Å²) in [5, 5.41) is 3.29. The molecule has 0 aromatic carbocycles. The first-order valence-electron chi connectivity index (χ1n) is 6.60. The molecule has 0 bridgehead atoms. The van der Waals surface area contributed by atoms with Crippen LogP contribution in [0.4, 0.5) is 0 Å². The lowest BCUT2D eigenvalue weighted by atomic mass is 9.81. The maximum absolute atomic E-state index is 12.3. The molecule has 1 aromatic heterocycles. The van der Waals surface area contributed by atoms with E-state index in [1.807, 2.05) is 0 Å². The van der Waals surface area contributed by atoms with Crippen molar-refractivity contribution in [1.82, 2.24) is 10.0 Å². The fourth-order valence-corrected chi connectivity index (χ4v) is 3.86. The number of nitrogens with one attached hydrogen (secondary N) is 2. The van der Waals surface area contributed by atoms with Gasteiger partial charge in [-0.3, -0.25) is 0 Å². The zero-order valence-electron chi connectivity index (χ0n) is 11.7. The average molecular weight is 286 g/mol. The zero-order valence-corrected chi connectivity index (χ0v) is 12.6. The minimum Gasteiger partial charge on any atom is -0.465 e. The molecule has 0 aliphatic carbocycles. The molecule has 0 amide bonds. The second-order valence-corrected chi connectivity index (χ2v) is 7.40. The molecule has 1 fully saturated rings. The van der Waals surface area contributed by atoms with Crippen LogP contribution in [-0.4, -0.2) is 28.1 Å². The van der Waals surface area contributed by atoms with Gasteiger partial charge in [0.2, 0.25) is 10.0 Å². The molecule has 6 heteroatoms. The van der Waals surface area contributed by atoms with Gasteiger partial charge in [-0.05, 0) is 51.3 Å². The molecule has 1 saturated heterocycles. The Labute approximate surface area is 114 Å². The summed E-state index contributed by atoms with van der Waals surface area (Å²) in [6.45, 7) is 7.92. The van der Waals surface area contributed by atoms with Gasteiger partial charge in [-0.15, -0.1) is 0 Å². The Morgan fingerprint density at radius 1 is 1.37 bits per heavy atom. The summed E-state index contributed by atoms with van der Waals surface area (Å²) in [7, 11) is -3.47. The zero-order chi connectivity index (χ0) is 14.1. The maximum atomic E-state index is 12.3. The minimum atomic E-state index is -3.47. The summed E-state index contributed by atoms with van der Waals surface area (Å²) in [5.41, 5.74) is 0.0327. The van der Waals surface area contributed by atoms with Crippen LogP contribution in [-0.2, 0) is 10.0 Å². The van der Waals surface area contributed by atoms with E-state index in [4.69, 9.17) is 4.42 Å². The third kappa shape index (κ3) is 3.38. The Balaban J connectivity index is 2.07. The van der Waals surface area contributed by atoms with Crippen molar-refractivity contribution >= 4 is 10.0 Å². The molecule has 2 heterocycles. The van der Waals surface area contributed by atoms with Gasteiger partial charge >= 0.3 is 0 Å². The number of rotatable bonds is 4. The highest BCUT2D eigenvalue weighted by atomic mass is 32.2. The van der Waals surface area contributed by atoms with Crippen molar-refractivity contribution in [2.24, 2.45) is 5.41 Å². The Morgan fingerprint density at radius 2 is 2.00 bits per heavy atom. The van der Waals surface area contributed by atoms with Gasteiger partial charge in [0, 0.05) is 6.54 Å². The van der Waals surface area contributed by atoms with Crippen LogP contribution in [0.5, 0.6) is 0 Å². The lowest BCUT2D eigenvalue weighted by Crippen LogP contribution is -2.42. The van der Waals surface area contributed by atoms with Crippen LogP contribution in [0.15, 0.2) is 15.4 Å². The van der Waals surface area contributed by atoms with E-state index in [0.29, 0.717) is 18.1 Å². The first-order valence-corrected chi connectivity index (χ1v) is 8.08. The third-order valence-electron chi connectivity index (χ3n) is 3.78. The Morgan fingerprint density at radius 3 is 2.53 bits per heavy atom. The number of furan rings is 1. The molecule has 108 valence electrons. The monoisotopic (exact) mass is 286 g/mol. The van der Waals surface area contributed by atoms with Crippen LogP contribution in [0.3, 0.4) is 0 Å². The summed E-state index contributed by atoms with van der Waals surface area (Å²) in [6, 6.07) is 1.57. The van der Waals surface area contributed by atoms with Crippen molar-refractivity contribution in [1.29, 1.82) is 0 Å². The van der Waals surface area contributed by atoms with Crippen molar-refractivity contribution in [2.45, 2.75) is 38.5 Å². The van der Waals surface area contributed by atoms with Crippen LogP contribution in [0, 0.1) is 19.3 Å². The molecule has 5 nitrogen and oxygen atoms in total. The van der Waals surface area contributed by atoms with Gasteiger partial charge in [-0.25, -0.2) is 13.1 Å². The summed E-state index contributed by atoms with van der Waals surface area (Å²) < 4.78 is 32.5. The molecule has 0 radical (unpaired) electrons. The van der Waals surface area contributed by atoms with Gasteiger partial charge in [-0.2, -0.15) is 0 Å². The first kappa shape index (κ1) is 14.6. The number of sulfonamides is 1. The highest BCUT2D eigenvalue weighted by molar-refractivity contribution is 7.89. The van der Waals surface area contributed by atoms with E-state index in [1.165, 1.54) is 0 Å². The largest absolute Gasteiger partial charge is 0.465 e. The lowest BCUT2D eigenvalue weighted by Gasteiger charge is -2.34. The topological polar surface area (TPSA) is 71.3 Å². The molecule has 0 saturated carbocycles. The van der Waals surface area contributed by atoms with Crippen LogP contribution >= 0.6 is 0 Å². The van der Waals surface area contributed by atoms with Gasteiger partial charge < -0.3 is 9.73 Å². The van der Waals surface area contributed by atoms with E-state index in [0.717, 1.165) is 25.9 Å².